The Morgan fingerprint density at radius 3 is 2.93 bits per heavy atom. The molecule has 0 aliphatic carbocycles. The van der Waals surface area contributed by atoms with Gasteiger partial charge in [0.1, 0.15) is 11.3 Å². The van der Waals surface area contributed by atoms with Gasteiger partial charge in [0.05, 0.1) is 13.2 Å². The zero-order valence-corrected chi connectivity index (χ0v) is 8.22. The average Bonchev–Trinajstić information content (AvgIpc) is 2.77. The summed E-state index contributed by atoms with van der Waals surface area (Å²) < 4.78 is 10.5. The van der Waals surface area contributed by atoms with Crippen LogP contribution in [0.2, 0.25) is 0 Å². The van der Waals surface area contributed by atoms with Gasteiger partial charge in [-0.25, -0.2) is 4.98 Å². The van der Waals surface area contributed by atoms with E-state index in [9.17, 15) is 0 Å². The molecular weight excluding hydrogens is 194 g/mol. The van der Waals surface area contributed by atoms with Crippen LogP contribution in [0.5, 0.6) is 0 Å². The van der Waals surface area contributed by atoms with Crippen molar-refractivity contribution in [2.75, 3.05) is 31.2 Å². The molecular formula is C10H11N3O2. The highest BCUT2D eigenvalue weighted by Gasteiger charge is 2.13. The standard InChI is InChI=1S/C10H11N3O2/c1-2-9(13-3-5-14-6-4-13)12-10-8(1)11-7-15-10/h1-2,7H,3-6H2. The molecule has 3 rings (SSSR count). The van der Waals surface area contributed by atoms with E-state index in [0.717, 1.165) is 37.6 Å². The van der Waals surface area contributed by atoms with E-state index < -0.39 is 0 Å². The zero-order chi connectivity index (χ0) is 10.1. The lowest BCUT2D eigenvalue weighted by Gasteiger charge is -2.27. The lowest BCUT2D eigenvalue weighted by Crippen LogP contribution is -2.36. The van der Waals surface area contributed by atoms with E-state index in [1.807, 2.05) is 12.1 Å². The van der Waals surface area contributed by atoms with Crippen molar-refractivity contribution < 1.29 is 9.15 Å². The van der Waals surface area contributed by atoms with Gasteiger partial charge in [-0.3, -0.25) is 0 Å². The lowest BCUT2D eigenvalue weighted by molar-refractivity contribution is 0.122. The summed E-state index contributed by atoms with van der Waals surface area (Å²) >= 11 is 0. The molecule has 0 radical (unpaired) electrons. The summed E-state index contributed by atoms with van der Waals surface area (Å²) in [5, 5.41) is 0. The summed E-state index contributed by atoms with van der Waals surface area (Å²) in [4.78, 5) is 10.6. The predicted molar refractivity (Wildman–Crippen MR) is 54.8 cm³/mol. The lowest BCUT2D eigenvalue weighted by atomic mass is 10.3. The van der Waals surface area contributed by atoms with Gasteiger partial charge in [-0.05, 0) is 12.1 Å². The Labute approximate surface area is 86.7 Å². The van der Waals surface area contributed by atoms with Crippen LogP contribution >= 0.6 is 0 Å². The van der Waals surface area contributed by atoms with Gasteiger partial charge in [0.2, 0.25) is 5.71 Å². The molecule has 0 spiro atoms. The third-order valence-electron chi connectivity index (χ3n) is 2.52. The Bertz CT molecular complexity index is 462. The number of hydrogen-bond donors (Lipinski definition) is 0. The first-order valence-corrected chi connectivity index (χ1v) is 4.96. The number of morpholine rings is 1. The molecule has 0 amide bonds. The van der Waals surface area contributed by atoms with E-state index in [1.54, 1.807) is 0 Å². The molecule has 0 N–H and O–H groups in total. The van der Waals surface area contributed by atoms with E-state index in [0.29, 0.717) is 5.71 Å². The minimum Gasteiger partial charge on any atom is -0.425 e. The molecule has 1 aliphatic heterocycles. The van der Waals surface area contributed by atoms with E-state index >= 15 is 0 Å². The molecule has 0 saturated carbocycles. The smallest absolute Gasteiger partial charge is 0.248 e. The number of aromatic nitrogens is 2. The fraction of sp³-hybridized carbons (Fsp3) is 0.400. The molecule has 0 unspecified atom stereocenters. The Kier molecular flexibility index (Phi) is 2.03. The van der Waals surface area contributed by atoms with Crippen molar-refractivity contribution in [1.29, 1.82) is 0 Å². The van der Waals surface area contributed by atoms with Crippen LogP contribution in [-0.4, -0.2) is 36.3 Å². The number of nitrogens with zero attached hydrogens (tertiary/aromatic N) is 3. The average molecular weight is 205 g/mol. The van der Waals surface area contributed by atoms with Crippen LogP contribution < -0.4 is 4.90 Å². The number of pyridine rings is 1. The van der Waals surface area contributed by atoms with Crippen molar-refractivity contribution in [2.24, 2.45) is 0 Å². The normalized spacial score (nSPS) is 17.2. The minimum atomic E-state index is 0.596. The van der Waals surface area contributed by atoms with Crippen LogP contribution in [0, 0.1) is 0 Å². The third kappa shape index (κ3) is 1.55. The van der Waals surface area contributed by atoms with Crippen LogP contribution in [0.3, 0.4) is 0 Å². The molecule has 0 aromatic carbocycles. The fourth-order valence-corrected chi connectivity index (χ4v) is 1.71. The monoisotopic (exact) mass is 205 g/mol. The minimum absolute atomic E-state index is 0.596. The summed E-state index contributed by atoms with van der Waals surface area (Å²) in [7, 11) is 0. The molecule has 5 nitrogen and oxygen atoms in total. The van der Waals surface area contributed by atoms with Crippen LogP contribution in [-0.2, 0) is 4.74 Å². The highest BCUT2D eigenvalue weighted by molar-refractivity contribution is 5.70. The molecule has 1 aliphatic rings. The predicted octanol–water partition coefficient (Wildman–Crippen LogP) is 1.06. The Morgan fingerprint density at radius 2 is 2.07 bits per heavy atom. The second-order valence-corrected chi connectivity index (χ2v) is 3.45. The maximum Gasteiger partial charge on any atom is 0.248 e. The van der Waals surface area contributed by atoms with Gasteiger partial charge in [-0.1, -0.05) is 0 Å². The molecule has 5 heteroatoms. The quantitative estimate of drug-likeness (QED) is 0.696. The van der Waals surface area contributed by atoms with Crippen LogP contribution in [0.15, 0.2) is 22.9 Å². The highest BCUT2D eigenvalue weighted by Crippen LogP contribution is 2.17. The Balaban J connectivity index is 1.95. The molecule has 0 bridgehead atoms. The van der Waals surface area contributed by atoms with Crippen molar-refractivity contribution in [1.82, 2.24) is 9.97 Å². The summed E-state index contributed by atoms with van der Waals surface area (Å²) in [6.07, 6.45) is 1.42. The first-order valence-electron chi connectivity index (χ1n) is 4.96. The van der Waals surface area contributed by atoms with Crippen LogP contribution in [0.25, 0.3) is 11.2 Å². The number of ether oxygens (including phenoxy) is 1. The van der Waals surface area contributed by atoms with Crippen LogP contribution in [0.1, 0.15) is 0 Å². The molecule has 2 aromatic heterocycles. The number of rotatable bonds is 1. The zero-order valence-electron chi connectivity index (χ0n) is 8.22. The fourth-order valence-electron chi connectivity index (χ4n) is 1.71. The van der Waals surface area contributed by atoms with Gasteiger partial charge >= 0.3 is 0 Å². The Hall–Kier alpha value is -1.62. The summed E-state index contributed by atoms with van der Waals surface area (Å²) in [5.74, 6) is 0.933. The van der Waals surface area contributed by atoms with Gasteiger partial charge in [0.25, 0.3) is 0 Å². The molecule has 2 aromatic rings. The number of fused-ring (bicyclic) bond motifs is 1. The summed E-state index contributed by atoms with van der Waals surface area (Å²) in [6, 6.07) is 3.90. The maximum absolute atomic E-state index is 5.29. The van der Waals surface area contributed by atoms with E-state index in [1.165, 1.54) is 6.39 Å². The van der Waals surface area contributed by atoms with Gasteiger partial charge in [-0.2, -0.15) is 4.98 Å². The number of hydrogen-bond acceptors (Lipinski definition) is 5. The second kappa shape index (κ2) is 3.51. The summed E-state index contributed by atoms with van der Waals surface area (Å²) in [5.41, 5.74) is 1.39. The molecule has 0 atom stereocenters. The first-order chi connectivity index (χ1) is 7.43. The summed E-state index contributed by atoms with van der Waals surface area (Å²) in [6.45, 7) is 3.28. The van der Waals surface area contributed by atoms with Gasteiger partial charge in [-0.15, -0.1) is 0 Å². The molecule has 3 heterocycles. The molecule has 78 valence electrons. The van der Waals surface area contributed by atoms with Gasteiger partial charge < -0.3 is 14.1 Å². The topological polar surface area (TPSA) is 51.4 Å². The molecule has 1 fully saturated rings. The van der Waals surface area contributed by atoms with Crippen molar-refractivity contribution in [3.8, 4) is 0 Å². The SMILES string of the molecule is c1nc2ccc(N3CCOCC3)nc2o1. The molecule has 1 saturated heterocycles. The van der Waals surface area contributed by atoms with E-state index in [4.69, 9.17) is 9.15 Å². The highest BCUT2D eigenvalue weighted by atomic mass is 16.5. The van der Waals surface area contributed by atoms with Crippen molar-refractivity contribution >= 4 is 17.0 Å². The number of anilines is 1. The van der Waals surface area contributed by atoms with Crippen molar-refractivity contribution in [3.63, 3.8) is 0 Å². The van der Waals surface area contributed by atoms with Crippen molar-refractivity contribution in [3.05, 3.63) is 18.5 Å². The Morgan fingerprint density at radius 1 is 1.20 bits per heavy atom. The van der Waals surface area contributed by atoms with Gasteiger partial charge in [0, 0.05) is 13.1 Å². The second-order valence-electron chi connectivity index (χ2n) is 3.45. The number of oxazole rings is 1. The third-order valence-corrected chi connectivity index (χ3v) is 2.52. The first kappa shape index (κ1) is 8.67. The van der Waals surface area contributed by atoms with E-state index in [2.05, 4.69) is 14.9 Å². The van der Waals surface area contributed by atoms with Crippen LogP contribution in [0.4, 0.5) is 5.82 Å². The molecule has 15 heavy (non-hydrogen) atoms. The maximum atomic E-state index is 5.29. The van der Waals surface area contributed by atoms with E-state index in [-0.39, 0.29) is 0 Å². The largest absolute Gasteiger partial charge is 0.425 e. The van der Waals surface area contributed by atoms with Crippen molar-refractivity contribution in [2.45, 2.75) is 0 Å². The van der Waals surface area contributed by atoms with Gasteiger partial charge in [0.15, 0.2) is 6.39 Å².